The number of morpholine rings is 1. The van der Waals surface area contributed by atoms with E-state index in [0.29, 0.717) is 5.88 Å². The molecule has 0 aromatic carbocycles. The molecule has 0 radical (unpaired) electrons. The summed E-state index contributed by atoms with van der Waals surface area (Å²) in [6, 6.07) is 3.91. The second-order valence-corrected chi connectivity index (χ2v) is 3.75. The molecule has 0 spiro atoms. The maximum Gasteiger partial charge on any atom is 0.213 e. The summed E-state index contributed by atoms with van der Waals surface area (Å²) in [5, 5.41) is 0. The number of ether oxygens (including phenoxy) is 2. The Hall–Kier alpha value is -1.13. The smallest absolute Gasteiger partial charge is 0.213 e. The van der Waals surface area contributed by atoms with Gasteiger partial charge in [0.1, 0.15) is 0 Å². The van der Waals surface area contributed by atoms with Gasteiger partial charge in [-0.15, -0.1) is 0 Å². The van der Waals surface area contributed by atoms with Crippen molar-refractivity contribution in [2.24, 2.45) is 0 Å². The largest absolute Gasteiger partial charge is 0.481 e. The highest BCUT2D eigenvalue weighted by Gasteiger charge is 2.19. The van der Waals surface area contributed by atoms with Crippen LogP contribution in [-0.4, -0.2) is 43.7 Å². The minimum atomic E-state index is 0.139. The van der Waals surface area contributed by atoms with Gasteiger partial charge < -0.3 is 14.4 Å². The summed E-state index contributed by atoms with van der Waals surface area (Å²) in [5.41, 5.74) is 1.13. The predicted octanol–water partition coefficient (Wildman–Crippen LogP) is 1.09. The molecule has 0 N–H and O–H groups in total. The van der Waals surface area contributed by atoms with Crippen molar-refractivity contribution in [2.75, 3.05) is 33.9 Å². The second-order valence-electron chi connectivity index (χ2n) is 3.75. The molecule has 1 aliphatic heterocycles. The second kappa shape index (κ2) is 4.59. The van der Waals surface area contributed by atoms with Crippen molar-refractivity contribution < 1.29 is 9.47 Å². The average Bonchev–Trinajstić information content (AvgIpc) is 2.29. The topological polar surface area (TPSA) is 34.6 Å². The molecule has 0 saturated carbocycles. The van der Waals surface area contributed by atoms with Crippen LogP contribution in [0.2, 0.25) is 0 Å². The molecule has 4 heteroatoms. The number of likely N-dealkylation sites (N-methyl/N-ethyl adjacent to an activating group) is 1. The molecule has 15 heavy (non-hydrogen) atoms. The zero-order valence-electron chi connectivity index (χ0n) is 9.14. The minimum Gasteiger partial charge on any atom is -0.481 e. The van der Waals surface area contributed by atoms with Crippen molar-refractivity contribution in [1.82, 2.24) is 9.88 Å². The minimum absolute atomic E-state index is 0.139. The summed E-state index contributed by atoms with van der Waals surface area (Å²) in [4.78, 5) is 6.35. The van der Waals surface area contributed by atoms with Gasteiger partial charge in [-0.05, 0) is 18.7 Å². The first-order chi connectivity index (χ1) is 7.29. The Morgan fingerprint density at radius 1 is 1.60 bits per heavy atom. The fraction of sp³-hybridized carbons (Fsp3) is 0.545. The molecule has 82 valence electrons. The zero-order valence-corrected chi connectivity index (χ0v) is 9.14. The monoisotopic (exact) mass is 208 g/mol. The Bertz CT molecular complexity index is 330. The molecule has 1 aromatic heterocycles. The molecule has 1 unspecified atom stereocenters. The van der Waals surface area contributed by atoms with E-state index >= 15 is 0 Å². The van der Waals surface area contributed by atoms with Gasteiger partial charge in [-0.2, -0.15) is 0 Å². The van der Waals surface area contributed by atoms with Crippen LogP contribution < -0.4 is 4.74 Å². The molecule has 1 atom stereocenters. The van der Waals surface area contributed by atoms with E-state index in [1.807, 2.05) is 12.1 Å². The lowest BCUT2D eigenvalue weighted by molar-refractivity contribution is -0.0210. The fourth-order valence-corrected chi connectivity index (χ4v) is 1.72. The van der Waals surface area contributed by atoms with Gasteiger partial charge >= 0.3 is 0 Å². The highest BCUT2D eigenvalue weighted by atomic mass is 16.5. The number of aromatic nitrogens is 1. The Kier molecular flexibility index (Phi) is 3.18. The molecular weight excluding hydrogens is 192 g/mol. The lowest BCUT2D eigenvalue weighted by Gasteiger charge is -2.30. The molecule has 1 aromatic rings. The summed E-state index contributed by atoms with van der Waals surface area (Å²) >= 11 is 0. The van der Waals surface area contributed by atoms with Crippen LogP contribution in [0, 0.1) is 0 Å². The van der Waals surface area contributed by atoms with Crippen LogP contribution in [0.15, 0.2) is 18.3 Å². The van der Waals surface area contributed by atoms with Crippen LogP contribution in [0.1, 0.15) is 11.7 Å². The third kappa shape index (κ3) is 2.46. The SMILES string of the molecule is COc1cc(C2CN(C)CCO2)ccn1. The Morgan fingerprint density at radius 3 is 3.20 bits per heavy atom. The maximum absolute atomic E-state index is 5.71. The highest BCUT2D eigenvalue weighted by molar-refractivity contribution is 5.23. The Labute approximate surface area is 89.8 Å². The van der Waals surface area contributed by atoms with Gasteiger partial charge in [-0.25, -0.2) is 4.98 Å². The van der Waals surface area contributed by atoms with Gasteiger partial charge in [-0.3, -0.25) is 0 Å². The van der Waals surface area contributed by atoms with Crippen molar-refractivity contribution in [3.8, 4) is 5.88 Å². The van der Waals surface area contributed by atoms with E-state index in [2.05, 4.69) is 16.9 Å². The van der Waals surface area contributed by atoms with E-state index in [4.69, 9.17) is 9.47 Å². The molecule has 0 amide bonds. The first kappa shape index (κ1) is 10.4. The molecule has 1 aliphatic rings. The summed E-state index contributed by atoms with van der Waals surface area (Å²) in [7, 11) is 3.73. The molecule has 1 saturated heterocycles. The van der Waals surface area contributed by atoms with Crippen LogP contribution in [0.3, 0.4) is 0 Å². The van der Waals surface area contributed by atoms with Crippen molar-refractivity contribution >= 4 is 0 Å². The third-order valence-electron chi connectivity index (χ3n) is 2.61. The number of hydrogen-bond acceptors (Lipinski definition) is 4. The van der Waals surface area contributed by atoms with E-state index in [0.717, 1.165) is 25.3 Å². The van der Waals surface area contributed by atoms with E-state index in [1.165, 1.54) is 0 Å². The van der Waals surface area contributed by atoms with Crippen LogP contribution in [0.4, 0.5) is 0 Å². The first-order valence-corrected chi connectivity index (χ1v) is 5.09. The number of rotatable bonds is 2. The molecule has 0 bridgehead atoms. The Morgan fingerprint density at radius 2 is 2.47 bits per heavy atom. The number of hydrogen-bond donors (Lipinski definition) is 0. The van der Waals surface area contributed by atoms with E-state index in [9.17, 15) is 0 Å². The number of nitrogens with zero attached hydrogens (tertiary/aromatic N) is 2. The molecule has 2 heterocycles. The summed E-state index contributed by atoms with van der Waals surface area (Å²) in [6.07, 6.45) is 1.90. The van der Waals surface area contributed by atoms with Crippen LogP contribution >= 0.6 is 0 Å². The summed E-state index contributed by atoms with van der Waals surface area (Å²) in [5.74, 6) is 0.643. The van der Waals surface area contributed by atoms with Gasteiger partial charge in [0.15, 0.2) is 0 Å². The van der Waals surface area contributed by atoms with Crippen LogP contribution in [0.25, 0.3) is 0 Å². The summed E-state index contributed by atoms with van der Waals surface area (Å²) < 4.78 is 10.8. The molecule has 2 rings (SSSR count). The maximum atomic E-state index is 5.71. The van der Waals surface area contributed by atoms with Crippen LogP contribution in [-0.2, 0) is 4.74 Å². The lowest BCUT2D eigenvalue weighted by Crippen LogP contribution is -2.35. The quantitative estimate of drug-likeness (QED) is 0.728. The summed E-state index contributed by atoms with van der Waals surface area (Å²) in [6.45, 7) is 2.71. The van der Waals surface area contributed by atoms with E-state index in [-0.39, 0.29) is 6.10 Å². The molecule has 1 fully saturated rings. The van der Waals surface area contributed by atoms with Gasteiger partial charge in [0, 0.05) is 25.4 Å². The molecular formula is C11H16N2O2. The predicted molar refractivity (Wildman–Crippen MR) is 57.0 cm³/mol. The first-order valence-electron chi connectivity index (χ1n) is 5.09. The van der Waals surface area contributed by atoms with Crippen molar-refractivity contribution in [3.05, 3.63) is 23.9 Å². The van der Waals surface area contributed by atoms with Crippen molar-refractivity contribution in [3.63, 3.8) is 0 Å². The molecule has 0 aliphatic carbocycles. The van der Waals surface area contributed by atoms with Crippen LogP contribution in [0.5, 0.6) is 5.88 Å². The standard InChI is InChI=1S/C11H16N2O2/c1-13-5-6-15-10(8-13)9-3-4-12-11(7-9)14-2/h3-4,7,10H,5-6,8H2,1-2H3. The van der Waals surface area contributed by atoms with E-state index in [1.54, 1.807) is 13.3 Å². The number of methoxy groups -OCH3 is 1. The van der Waals surface area contributed by atoms with Gasteiger partial charge in [0.25, 0.3) is 0 Å². The van der Waals surface area contributed by atoms with E-state index < -0.39 is 0 Å². The highest BCUT2D eigenvalue weighted by Crippen LogP contribution is 2.23. The van der Waals surface area contributed by atoms with Gasteiger partial charge in [0.2, 0.25) is 5.88 Å². The van der Waals surface area contributed by atoms with Gasteiger partial charge in [0.05, 0.1) is 19.8 Å². The van der Waals surface area contributed by atoms with Gasteiger partial charge in [-0.1, -0.05) is 0 Å². The van der Waals surface area contributed by atoms with Crippen molar-refractivity contribution in [2.45, 2.75) is 6.10 Å². The average molecular weight is 208 g/mol. The normalized spacial score (nSPS) is 22.7. The van der Waals surface area contributed by atoms with Crippen molar-refractivity contribution in [1.29, 1.82) is 0 Å². The lowest BCUT2D eigenvalue weighted by atomic mass is 10.1. The zero-order chi connectivity index (χ0) is 10.7. The number of pyridine rings is 1. The fourth-order valence-electron chi connectivity index (χ4n) is 1.72. The molecule has 4 nitrogen and oxygen atoms in total. The third-order valence-corrected chi connectivity index (χ3v) is 2.61. The Balaban J connectivity index is 2.13.